The lowest BCUT2D eigenvalue weighted by atomic mass is 10.1. The lowest BCUT2D eigenvalue weighted by Crippen LogP contribution is -2.23. The zero-order chi connectivity index (χ0) is 12.7. The topological polar surface area (TPSA) is 72.0 Å². The molecule has 0 aliphatic carbocycles. The van der Waals surface area contributed by atoms with Gasteiger partial charge in [-0.2, -0.15) is 0 Å². The molecule has 1 atom stereocenters. The molecule has 1 heterocycles. The van der Waals surface area contributed by atoms with Crippen LogP contribution < -0.4 is 5.32 Å². The van der Waals surface area contributed by atoms with E-state index in [0.717, 1.165) is 18.8 Å². The summed E-state index contributed by atoms with van der Waals surface area (Å²) in [5, 5.41) is 3.27. The number of hydrogen-bond donors (Lipinski definition) is 1. The Balaban J connectivity index is 2.56. The van der Waals surface area contributed by atoms with Gasteiger partial charge in [0.1, 0.15) is 15.7 Å². The Morgan fingerprint density at radius 3 is 2.53 bits per heavy atom. The minimum atomic E-state index is -2.89. The van der Waals surface area contributed by atoms with Crippen LogP contribution in [0.1, 0.15) is 31.6 Å². The normalized spacial score (nSPS) is 13.5. The Hall–Kier alpha value is -1.01. The molecule has 0 bridgehead atoms. The molecule has 5 nitrogen and oxygen atoms in total. The van der Waals surface area contributed by atoms with Crippen LogP contribution in [0.5, 0.6) is 0 Å². The third-order valence-electron chi connectivity index (χ3n) is 2.36. The number of aromatic nitrogens is 2. The van der Waals surface area contributed by atoms with E-state index in [1.807, 2.05) is 6.92 Å². The van der Waals surface area contributed by atoms with Crippen molar-refractivity contribution in [1.29, 1.82) is 0 Å². The van der Waals surface area contributed by atoms with E-state index in [9.17, 15) is 8.42 Å². The quantitative estimate of drug-likeness (QED) is 0.787. The highest BCUT2D eigenvalue weighted by Crippen LogP contribution is 2.14. The van der Waals surface area contributed by atoms with Crippen molar-refractivity contribution in [2.45, 2.75) is 25.8 Å². The molecule has 0 saturated heterocycles. The summed E-state index contributed by atoms with van der Waals surface area (Å²) >= 11 is 0. The standard InChI is InChI=1S/C11H19N3O2S/c1-3-12-10(6-4-9-17(2,15)16)11-13-7-5-8-14-11/h5,7-8,10,12H,3-4,6,9H2,1-2H3. The van der Waals surface area contributed by atoms with E-state index < -0.39 is 9.84 Å². The maximum Gasteiger partial charge on any atom is 0.147 e. The number of nitrogens with zero attached hydrogens (tertiary/aromatic N) is 2. The molecule has 17 heavy (non-hydrogen) atoms. The van der Waals surface area contributed by atoms with Crippen molar-refractivity contribution >= 4 is 9.84 Å². The summed E-state index contributed by atoms with van der Waals surface area (Å²) in [7, 11) is -2.89. The van der Waals surface area contributed by atoms with Crippen LogP contribution in [-0.2, 0) is 9.84 Å². The minimum Gasteiger partial charge on any atom is -0.308 e. The smallest absolute Gasteiger partial charge is 0.147 e. The van der Waals surface area contributed by atoms with Crippen molar-refractivity contribution in [2.24, 2.45) is 0 Å². The number of rotatable bonds is 7. The molecule has 1 aromatic rings. The predicted molar refractivity (Wildman–Crippen MR) is 67.4 cm³/mol. The molecule has 0 aliphatic heterocycles. The highest BCUT2D eigenvalue weighted by Gasteiger charge is 2.13. The molecule has 96 valence electrons. The van der Waals surface area contributed by atoms with Crippen LogP contribution in [0.15, 0.2) is 18.5 Å². The second-order valence-corrected chi connectivity index (χ2v) is 6.25. The number of hydrogen-bond acceptors (Lipinski definition) is 5. The summed E-state index contributed by atoms with van der Waals surface area (Å²) in [5.41, 5.74) is 0. The van der Waals surface area contributed by atoms with E-state index in [2.05, 4.69) is 15.3 Å². The van der Waals surface area contributed by atoms with E-state index >= 15 is 0 Å². The fourth-order valence-electron chi connectivity index (χ4n) is 1.61. The summed E-state index contributed by atoms with van der Waals surface area (Å²) in [6.07, 6.45) is 6.00. The van der Waals surface area contributed by atoms with Gasteiger partial charge in [-0.15, -0.1) is 0 Å². The van der Waals surface area contributed by atoms with Crippen LogP contribution in [0.2, 0.25) is 0 Å². The van der Waals surface area contributed by atoms with E-state index in [0.29, 0.717) is 6.42 Å². The summed E-state index contributed by atoms with van der Waals surface area (Å²) in [4.78, 5) is 8.38. The third-order valence-corrected chi connectivity index (χ3v) is 3.39. The van der Waals surface area contributed by atoms with Gasteiger partial charge in [0.15, 0.2) is 0 Å². The fourth-order valence-corrected chi connectivity index (χ4v) is 2.30. The molecular weight excluding hydrogens is 238 g/mol. The van der Waals surface area contributed by atoms with Crippen molar-refractivity contribution in [2.75, 3.05) is 18.6 Å². The van der Waals surface area contributed by atoms with Gasteiger partial charge in [-0.3, -0.25) is 0 Å². The van der Waals surface area contributed by atoms with Crippen LogP contribution in [-0.4, -0.2) is 36.9 Å². The number of sulfone groups is 1. The molecule has 0 aliphatic rings. The monoisotopic (exact) mass is 257 g/mol. The SMILES string of the molecule is CCNC(CCCS(C)(=O)=O)c1ncccn1. The second-order valence-electron chi connectivity index (χ2n) is 3.99. The zero-order valence-corrected chi connectivity index (χ0v) is 11.1. The molecule has 1 N–H and O–H groups in total. The Morgan fingerprint density at radius 1 is 1.35 bits per heavy atom. The summed E-state index contributed by atoms with van der Waals surface area (Å²) in [5.74, 6) is 0.935. The molecule has 0 saturated carbocycles. The second kappa shape index (κ2) is 6.66. The Morgan fingerprint density at radius 2 is 2.00 bits per heavy atom. The number of nitrogens with one attached hydrogen (secondary N) is 1. The van der Waals surface area contributed by atoms with Gasteiger partial charge in [-0.25, -0.2) is 18.4 Å². The minimum absolute atomic E-state index is 0.0305. The molecule has 1 rings (SSSR count). The molecule has 0 amide bonds. The molecule has 6 heteroatoms. The van der Waals surface area contributed by atoms with Crippen LogP contribution in [0.25, 0.3) is 0 Å². The first kappa shape index (κ1) is 14.1. The van der Waals surface area contributed by atoms with Gasteiger partial charge in [-0.05, 0) is 25.5 Å². The Bertz CT molecular complexity index is 420. The van der Waals surface area contributed by atoms with Crippen molar-refractivity contribution in [3.8, 4) is 0 Å². The van der Waals surface area contributed by atoms with Gasteiger partial charge >= 0.3 is 0 Å². The molecule has 0 radical (unpaired) electrons. The molecule has 1 unspecified atom stereocenters. The van der Waals surface area contributed by atoms with Crippen LogP contribution in [0, 0.1) is 0 Å². The molecule has 0 aromatic carbocycles. The van der Waals surface area contributed by atoms with Gasteiger partial charge in [0.2, 0.25) is 0 Å². The highest BCUT2D eigenvalue weighted by molar-refractivity contribution is 7.90. The van der Waals surface area contributed by atoms with Gasteiger partial charge < -0.3 is 5.32 Å². The van der Waals surface area contributed by atoms with Crippen LogP contribution in [0.4, 0.5) is 0 Å². The highest BCUT2D eigenvalue weighted by atomic mass is 32.2. The Kier molecular flexibility index (Phi) is 5.50. The molecule has 0 spiro atoms. The predicted octanol–water partition coefficient (Wildman–Crippen LogP) is 0.952. The van der Waals surface area contributed by atoms with Crippen molar-refractivity contribution < 1.29 is 8.42 Å². The molecule has 0 fully saturated rings. The van der Waals surface area contributed by atoms with E-state index in [-0.39, 0.29) is 11.8 Å². The maximum atomic E-state index is 11.1. The van der Waals surface area contributed by atoms with Gasteiger partial charge in [0.25, 0.3) is 0 Å². The maximum absolute atomic E-state index is 11.1. The first-order valence-electron chi connectivity index (χ1n) is 5.71. The van der Waals surface area contributed by atoms with Crippen molar-refractivity contribution in [1.82, 2.24) is 15.3 Å². The molecule has 1 aromatic heterocycles. The first-order valence-corrected chi connectivity index (χ1v) is 7.77. The summed E-state index contributed by atoms with van der Waals surface area (Å²) < 4.78 is 22.1. The zero-order valence-electron chi connectivity index (χ0n) is 10.3. The van der Waals surface area contributed by atoms with Crippen molar-refractivity contribution in [3.63, 3.8) is 0 Å². The molecular formula is C11H19N3O2S. The van der Waals surface area contributed by atoms with Gasteiger partial charge in [-0.1, -0.05) is 6.92 Å². The van der Waals surface area contributed by atoms with Gasteiger partial charge in [0.05, 0.1) is 6.04 Å². The van der Waals surface area contributed by atoms with Crippen LogP contribution >= 0.6 is 0 Å². The van der Waals surface area contributed by atoms with E-state index in [4.69, 9.17) is 0 Å². The van der Waals surface area contributed by atoms with E-state index in [1.165, 1.54) is 6.26 Å². The average Bonchev–Trinajstić information content (AvgIpc) is 2.27. The van der Waals surface area contributed by atoms with Crippen molar-refractivity contribution in [3.05, 3.63) is 24.3 Å². The lowest BCUT2D eigenvalue weighted by Gasteiger charge is -2.15. The largest absolute Gasteiger partial charge is 0.308 e. The van der Waals surface area contributed by atoms with Gasteiger partial charge in [0, 0.05) is 24.4 Å². The lowest BCUT2D eigenvalue weighted by molar-refractivity contribution is 0.483. The summed E-state index contributed by atoms with van der Waals surface area (Å²) in [6.45, 7) is 2.81. The van der Waals surface area contributed by atoms with Crippen LogP contribution in [0.3, 0.4) is 0 Å². The average molecular weight is 257 g/mol. The van der Waals surface area contributed by atoms with E-state index in [1.54, 1.807) is 18.5 Å². The third kappa shape index (κ3) is 5.74. The first-order chi connectivity index (χ1) is 8.03. The summed E-state index contributed by atoms with van der Waals surface area (Å²) in [6, 6.07) is 1.80. The fraction of sp³-hybridized carbons (Fsp3) is 0.636. The Labute approximate surface area is 103 Å².